The number of benzene rings is 1. The van der Waals surface area contributed by atoms with Crippen LogP contribution >= 0.6 is 0 Å². The van der Waals surface area contributed by atoms with Crippen molar-refractivity contribution in [2.45, 2.75) is 12.7 Å². The summed E-state index contributed by atoms with van der Waals surface area (Å²) in [6.07, 6.45) is -1.54. The zero-order valence-electron chi connectivity index (χ0n) is 15.5. The van der Waals surface area contributed by atoms with E-state index < -0.39 is 23.5 Å². The van der Waals surface area contributed by atoms with Crippen LogP contribution in [0.2, 0.25) is 0 Å². The van der Waals surface area contributed by atoms with Crippen LogP contribution in [-0.2, 0) is 12.7 Å². The number of rotatable bonds is 4. The van der Waals surface area contributed by atoms with Gasteiger partial charge in [0.05, 0.1) is 23.0 Å². The van der Waals surface area contributed by atoms with Crippen LogP contribution in [0.4, 0.5) is 23.2 Å². The fraction of sp³-hybridized carbons (Fsp3) is 0.400. The van der Waals surface area contributed by atoms with Gasteiger partial charge in [-0.05, 0) is 41.7 Å². The van der Waals surface area contributed by atoms with Crippen LogP contribution in [0.1, 0.15) is 21.5 Å². The largest absolute Gasteiger partial charge is 0.416 e. The van der Waals surface area contributed by atoms with E-state index in [0.717, 1.165) is 44.0 Å². The van der Waals surface area contributed by atoms with Gasteiger partial charge in [-0.2, -0.15) is 13.2 Å². The van der Waals surface area contributed by atoms with Gasteiger partial charge in [-0.25, -0.2) is 4.39 Å². The number of carbonyl (C=O) groups excluding carboxylic acids is 1. The Balaban J connectivity index is 1.42. The van der Waals surface area contributed by atoms with Gasteiger partial charge in [0.15, 0.2) is 0 Å². The number of nitrogens with zero attached hydrogens (tertiary/aromatic N) is 2. The smallest absolute Gasteiger partial charge is 0.370 e. The quantitative estimate of drug-likeness (QED) is 0.764. The third kappa shape index (κ3) is 4.34. The molecule has 4 rings (SSSR count). The molecule has 9 heteroatoms. The zero-order chi connectivity index (χ0) is 20.6. The average Bonchev–Trinajstić information content (AvgIpc) is 3.27. The van der Waals surface area contributed by atoms with Crippen molar-refractivity contribution in [3.63, 3.8) is 0 Å². The number of amides is 1. The number of alkyl halides is 3. The number of nitrogens with one attached hydrogen (secondary N) is 2. The minimum Gasteiger partial charge on any atom is -0.370 e. The van der Waals surface area contributed by atoms with Crippen molar-refractivity contribution in [3.05, 3.63) is 59.2 Å². The molecule has 2 aliphatic rings. The third-order valence-electron chi connectivity index (χ3n) is 5.48. The highest BCUT2D eigenvalue weighted by molar-refractivity contribution is 5.94. The van der Waals surface area contributed by atoms with Crippen LogP contribution in [0.3, 0.4) is 0 Å². The Hall–Kier alpha value is -2.68. The highest BCUT2D eigenvalue weighted by Gasteiger charge is 2.36. The Morgan fingerprint density at radius 1 is 1.14 bits per heavy atom. The lowest BCUT2D eigenvalue weighted by Gasteiger charge is -2.20. The number of aromatic nitrogens is 1. The standard InChI is InChI=1S/C20H20F4N4O/c21-17-2-12(1-16(4-17)20(22,23)24)5-27-19(29)13-3-18(9-26-6-13)28-10-14-7-25-8-15(14)11-28/h1-4,6,9,14-15,25H,5,7-8,10-11H2,(H,27,29)/t14-,15+. The summed E-state index contributed by atoms with van der Waals surface area (Å²) in [4.78, 5) is 18.8. The summed E-state index contributed by atoms with van der Waals surface area (Å²) in [6, 6.07) is 3.96. The first kappa shape index (κ1) is 19.6. The maximum Gasteiger partial charge on any atom is 0.416 e. The minimum atomic E-state index is -4.65. The van der Waals surface area contributed by atoms with Gasteiger partial charge in [-0.3, -0.25) is 9.78 Å². The van der Waals surface area contributed by atoms with Gasteiger partial charge in [0.25, 0.3) is 5.91 Å². The van der Waals surface area contributed by atoms with Crippen molar-refractivity contribution >= 4 is 11.6 Å². The first-order valence-corrected chi connectivity index (χ1v) is 9.35. The number of hydrogen-bond acceptors (Lipinski definition) is 4. The molecule has 0 bridgehead atoms. The minimum absolute atomic E-state index is 0.0367. The predicted molar refractivity (Wildman–Crippen MR) is 98.9 cm³/mol. The fourth-order valence-corrected chi connectivity index (χ4v) is 3.99. The summed E-state index contributed by atoms with van der Waals surface area (Å²) in [5.41, 5.74) is 0.108. The van der Waals surface area contributed by atoms with Crippen LogP contribution in [0.25, 0.3) is 0 Å². The van der Waals surface area contributed by atoms with Crippen molar-refractivity contribution in [2.75, 3.05) is 31.1 Å². The molecule has 2 fully saturated rings. The maximum atomic E-state index is 13.5. The fourth-order valence-electron chi connectivity index (χ4n) is 3.99. The molecule has 2 atom stereocenters. The van der Waals surface area contributed by atoms with Crippen LogP contribution in [0.15, 0.2) is 36.7 Å². The van der Waals surface area contributed by atoms with Crippen LogP contribution in [0, 0.1) is 17.7 Å². The third-order valence-corrected chi connectivity index (χ3v) is 5.48. The number of anilines is 1. The normalized spacial score (nSPS) is 21.3. The Labute approximate surface area is 165 Å². The molecule has 0 unspecified atom stereocenters. The van der Waals surface area contributed by atoms with E-state index in [-0.39, 0.29) is 12.1 Å². The van der Waals surface area contributed by atoms with E-state index in [1.165, 1.54) is 6.20 Å². The Morgan fingerprint density at radius 2 is 1.86 bits per heavy atom. The second kappa shape index (κ2) is 7.62. The molecule has 2 aromatic rings. The number of pyridine rings is 1. The molecule has 2 N–H and O–H groups in total. The number of hydrogen-bond donors (Lipinski definition) is 2. The molecule has 1 aromatic heterocycles. The van der Waals surface area contributed by atoms with Gasteiger partial charge in [0, 0.05) is 38.9 Å². The maximum absolute atomic E-state index is 13.5. The molecule has 2 saturated heterocycles. The van der Waals surface area contributed by atoms with Gasteiger partial charge < -0.3 is 15.5 Å². The molecule has 154 valence electrons. The van der Waals surface area contributed by atoms with Crippen molar-refractivity contribution in [2.24, 2.45) is 11.8 Å². The Morgan fingerprint density at radius 3 is 2.55 bits per heavy atom. The number of fused-ring (bicyclic) bond motifs is 1. The Bertz CT molecular complexity index is 906. The van der Waals surface area contributed by atoms with Gasteiger partial charge >= 0.3 is 6.18 Å². The molecule has 3 heterocycles. The zero-order valence-corrected chi connectivity index (χ0v) is 15.5. The van der Waals surface area contributed by atoms with Crippen LogP contribution in [0.5, 0.6) is 0 Å². The summed E-state index contributed by atoms with van der Waals surface area (Å²) in [5, 5.41) is 5.91. The van der Waals surface area contributed by atoms with Gasteiger partial charge in [-0.1, -0.05) is 0 Å². The molecule has 5 nitrogen and oxygen atoms in total. The van der Waals surface area contributed by atoms with E-state index in [9.17, 15) is 22.4 Å². The summed E-state index contributed by atoms with van der Waals surface area (Å²) >= 11 is 0. The van der Waals surface area contributed by atoms with E-state index in [0.29, 0.717) is 23.5 Å². The molecule has 2 aliphatic heterocycles. The van der Waals surface area contributed by atoms with Crippen molar-refractivity contribution < 1.29 is 22.4 Å². The molecule has 1 amide bonds. The summed E-state index contributed by atoms with van der Waals surface area (Å²) in [7, 11) is 0. The topological polar surface area (TPSA) is 57.3 Å². The molecule has 0 aliphatic carbocycles. The molecule has 0 spiro atoms. The molecular formula is C20H20F4N4O. The second-order valence-corrected chi connectivity index (χ2v) is 7.54. The molecule has 29 heavy (non-hydrogen) atoms. The lowest BCUT2D eigenvalue weighted by Crippen LogP contribution is -2.27. The van der Waals surface area contributed by atoms with Gasteiger partial charge in [-0.15, -0.1) is 0 Å². The monoisotopic (exact) mass is 408 g/mol. The van der Waals surface area contributed by atoms with Crippen molar-refractivity contribution in [1.82, 2.24) is 15.6 Å². The van der Waals surface area contributed by atoms with E-state index in [4.69, 9.17) is 0 Å². The van der Waals surface area contributed by atoms with Gasteiger partial charge in [0.1, 0.15) is 5.82 Å². The molecule has 0 saturated carbocycles. The van der Waals surface area contributed by atoms with E-state index in [1.807, 2.05) is 0 Å². The van der Waals surface area contributed by atoms with Crippen molar-refractivity contribution in [1.29, 1.82) is 0 Å². The SMILES string of the molecule is O=C(NCc1cc(F)cc(C(F)(F)F)c1)c1cncc(N2C[C@H]3CNC[C@H]3C2)c1. The molecule has 1 aromatic carbocycles. The molecular weight excluding hydrogens is 388 g/mol. The number of carbonyl (C=O) groups is 1. The highest BCUT2D eigenvalue weighted by atomic mass is 19.4. The number of halogens is 4. The molecule has 0 radical (unpaired) electrons. The van der Waals surface area contributed by atoms with E-state index >= 15 is 0 Å². The lowest BCUT2D eigenvalue weighted by molar-refractivity contribution is -0.137. The average molecular weight is 408 g/mol. The lowest BCUT2D eigenvalue weighted by atomic mass is 10.0. The predicted octanol–water partition coefficient (Wildman–Crippen LogP) is 2.83. The van der Waals surface area contributed by atoms with E-state index in [2.05, 4.69) is 20.5 Å². The second-order valence-electron chi connectivity index (χ2n) is 7.54. The first-order valence-electron chi connectivity index (χ1n) is 9.35. The summed E-state index contributed by atoms with van der Waals surface area (Å²) in [5.74, 6) is -0.299. The first-order chi connectivity index (χ1) is 13.8. The van der Waals surface area contributed by atoms with Crippen molar-refractivity contribution in [3.8, 4) is 0 Å². The van der Waals surface area contributed by atoms with Crippen LogP contribution in [-0.4, -0.2) is 37.1 Å². The van der Waals surface area contributed by atoms with E-state index in [1.54, 1.807) is 12.3 Å². The summed E-state index contributed by atoms with van der Waals surface area (Å²) < 4.78 is 51.9. The highest BCUT2D eigenvalue weighted by Crippen LogP contribution is 2.31. The summed E-state index contributed by atoms with van der Waals surface area (Å²) in [6.45, 7) is 3.55. The Kier molecular flexibility index (Phi) is 5.16. The van der Waals surface area contributed by atoms with Gasteiger partial charge in [0.2, 0.25) is 0 Å². The van der Waals surface area contributed by atoms with Crippen LogP contribution < -0.4 is 15.5 Å².